The van der Waals surface area contributed by atoms with Gasteiger partial charge in [-0.05, 0) is 46.8 Å². The third kappa shape index (κ3) is 7.48. The second kappa shape index (κ2) is 12.6. The molecule has 0 fully saturated rings. The minimum atomic E-state index is -1.03. The molecule has 0 saturated heterocycles. The molecule has 3 rings (SSSR count). The fourth-order valence-electron chi connectivity index (χ4n) is 3.03. The molecule has 0 bridgehead atoms. The maximum absolute atomic E-state index is 11.0. The van der Waals surface area contributed by atoms with Crippen LogP contribution in [-0.2, 0) is 9.05 Å². The molecule has 170 valence electrons. The Balaban J connectivity index is 0.000000220. The zero-order chi connectivity index (χ0) is 22.8. The first-order valence-electron chi connectivity index (χ1n) is 10.4. The normalized spacial score (nSPS) is 13.8. The van der Waals surface area contributed by atoms with Gasteiger partial charge in [0.05, 0.1) is 25.7 Å². The van der Waals surface area contributed by atoms with E-state index in [1.54, 1.807) is 12.1 Å². The van der Waals surface area contributed by atoms with Gasteiger partial charge in [-0.1, -0.05) is 0 Å². The first-order valence-corrected chi connectivity index (χ1v) is 11.5. The molecule has 0 amide bonds. The number of hydrogen-bond acceptors (Lipinski definition) is 8. The van der Waals surface area contributed by atoms with Crippen molar-refractivity contribution in [2.24, 2.45) is 0 Å². The van der Waals surface area contributed by atoms with Crippen LogP contribution in [0, 0.1) is 11.3 Å². The van der Waals surface area contributed by atoms with Gasteiger partial charge in [0.2, 0.25) is 0 Å². The van der Waals surface area contributed by atoms with E-state index in [9.17, 15) is 4.79 Å². The third-order valence-corrected chi connectivity index (χ3v) is 6.37. The van der Waals surface area contributed by atoms with Crippen LogP contribution < -0.4 is 15.1 Å². The maximum atomic E-state index is 11.0. The summed E-state index contributed by atoms with van der Waals surface area (Å²) in [4.78, 5) is 11.0. The van der Waals surface area contributed by atoms with Crippen molar-refractivity contribution in [2.75, 3.05) is 26.4 Å². The summed E-state index contributed by atoms with van der Waals surface area (Å²) in [5.41, 5.74) is 0.158. The summed E-state index contributed by atoms with van der Waals surface area (Å²) in [6, 6.07) is 9.42. The summed E-state index contributed by atoms with van der Waals surface area (Å²) >= 11 is 0. The van der Waals surface area contributed by atoms with E-state index in [1.165, 1.54) is 6.07 Å². The van der Waals surface area contributed by atoms with Crippen LogP contribution in [0.25, 0.3) is 11.0 Å². The number of nitriles is 1. The van der Waals surface area contributed by atoms with E-state index in [-0.39, 0.29) is 5.63 Å². The maximum Gasteiger partial charge on any atom is 0.336 e. The smallest absolute Gasteiger partial charge is 0.336 e. The minimum Gasteiger partial charge on any atom is -0.486 e. The van der Waals surface area contributed by atoms with Gasteiger partial charge in [-0.2, -0.15) is 5.26 Å². The predicted octanol–water partition coefficient (Wildman–Crippen LogP) is 4.86. The van der Waals surface area contributed by atoms with Crippen molar-refractivity contribution in [1.82, 2.24) is 4.67 Å². The van der Waals surface area contributed by atoms with Crippen molar-refractivity contribution in [2.45, 2.75) is 53.1 Å². The Morgan fingerprint density at radius 2 is 1.74 bits per heavy atom. The van der Waals surface area contributed by atoms with Crippen molar-refractivity contribution in [3.05, 3.63) is 34.7 Å². The van der Waals surface area contributed by atoms with Crippen LogP contribution in [-0.4, -0.2) is 43.2 Å². The van der Waals surface area contributed by atoms with Gasteiger partial charge in [0.25, 0.3) is 8.53 Å². The molecule has 0 spiro atoms. The van der Waals surface area contributed by atoms with Gasteiger partial charge in [0, 0.05) is 29.6 Å². The van der Waals surface area contributed by atoms with Crippen LogP contribution in [0.2, 0.25) is 0 Å². The number of benzene rings is 1. The minimum absolute atomic E-state index is 0.362. The van der Waals surface area contributed by atoms with Crippen LogP contribution in [0.5, 0.6) is 11.5 Å². The molecule has 0 aliphatic carbocycles. The molecule has 31 heavy (non-hydrogen) atoms. The van der Waals surface area contributed by atoms with Gasteiger partial charge in [-0.15, -0.1) is 0 Å². The molecule has 1 aromatic heterocycles. The van der Waals surface area contributed by atoms with E-state index in [2.05, 4.69) is 38.4 Å². The molecule has 2 aromatic rings. The van der Waals surface area contributed by atoms with Crippen LogP contribution in [0.15, 0.2) is 33.5 Å². The molecular weight excluding hydrogens is 419 g/mol. The van der Waals surface area contributed by atoms with E-state index in [0.29, 0.717) is 62.0 Å². The highest BCUT2D eigenvalue weighted by Gasteiger charge is 2.26. The van der Waals surface area contributed by atoms with Gasteiger partial charge < -0.3 is 22.9 Å². The Morgan fingerprint density at radius 1 is 1.10 bits per heavy atom. The van der Waals surface area contributed by atoms with E-state index in [4.69, 9.17) is 28.2 Å². The molecule has 8 nitrogen and oxygen atoms in total. The van der Waals surface area contributed by atoms with Crippen LogP contribution >= 0.6 is 8.53 Å². The Morgan fingerprint density at radius 3 is 2.32 bits per heavy atom. The predicted molar refractivity (Wildman–Crippen MR) is 120 cm³/mol. The van der Waals surface area contributed by atoms with Crippen molar-refractivity contribution in [3.8, 4) is 17.6 Å². The SMILES string of the molecule is CCOP(OCCC#N)N(C(C)C)C(C)C.O=c1ccc2cc3c(cc2o1)OCCO3. The average molecular weight is 450 g/mol. The number of hydrogen-bond donors (Lipinski definition) is 0. The molecule has 1 atom stereocenters. The van der Waals surface area contributed by atoms with Crippen molar-refractivity contribution in [1.29, 1.82) is 5.26 Å². The lowest BCUT2D eigenvalue weighted by atomic mass is 10.2. The number of fused-ring (bicyclic) bond motifs is 2. The van der Waals surface area contributed by atoms with Crippen molar-refractivity contribution >= 4 is 19.5 Å². The first-order chi connectivity index (χ1) is 14.9. The zero-order valence-corrected chi connectivity index (χ0v) is 19.7. The Bertz CT molecular complexity index is 916. The summed E-state index contributed by atoms with van der Waals surface area (Å²) in [6.07, 6.45) is 0.413. The van der Waals surface area contributed by atoms with E-state index in [1.807, 2.05) is 13.0 Å². The topological polar surface area (TPSA) is 94.2 Å². The first kappa shape index (κ1) is 25.1. The van der Waals surface area contributed by atoms with Gasteiger partial charge in [-0.25, -0.2) is 9.46 Å². The molecule has 9 heteroatoms. The molecular formula is C22H31N2O6P. The Labute approximate surface area is 184 Å². The summed E-state index contributed by atoms with van der Waals surface area (Å²) in [5, 5.41) is 9.32. The number of rotatable bonds is 8. The summed E-state index contributed by atoms with van der Waals surface area (Å²) < 4.78 is 29.3. The molecule has 1 aliphatic heterocycles. The fraction of sp³-hybridized carbons (Fsp3) is 0.545. The number of ether oxygens (including phenoxy) is 2. The fourth-order valence-corrected chi connectivity index (χ4v) is 4.59. The summed E-state index contributed by atoms with van der Waals surface area (Å²) in [7, 11) is -1.03. The average Bonchev–Trinajstić information content (AvgIpc) is 2.72. The van der Waals surface area contributed by atoms with Gasteiger partial charge in [0.15, 0.2) is 11.5 Å². The van der Waals surface area contributed by atoms with Gasteiger partial charge in [0.1, 0.15) is 18.8 Å². The number of nitrogens with zero attached hydrogens (tertiary/aromatic N) is 2. The summed E-state index contributed by atoms with van der Waals surface area (Å²) in [6.45, 7) is 12.6. The third-order valence-electron chi connectivity index (χ3n) is 4.19. The Hall–Kier alpha value is -2.17. The van der Waals surface area contributed by atoms with Crippen LogP contribution in [0.3, 0.4) is 0 Å². The van der Waals surface area contributed by atoms with Crippen LogP contribution in [0.4, 0.5) is 0 Å². The second-order valence-electron chi connectivity index (χ2n) is 7.25. The van der Waals surface area contributed by atoms with E-state index >= 15 is 0 Å². The monoisotopic (exact) mass is 450 g/mol. The molecule has 0 radical (unpaired) electrons. The standard InChI is InChI=1S/C11H23N2O2P.C11H8O4/c1-6-14-16(15-9-7-8-12)13(10(2)3)11(4)5;12-11-2-1-7-5-9-10(6-8(7)15-11)14-4-3-13-9/h10-11H,6-7,9H2,1-5H3;1-2,5-6H,3-4H2. The summed E-state index contributed by atoms with van der Waals surface area (Å²) in [5.74, 6) is 1.32. The highest BCUT2D eigenvalue weighted by atomic mass is 31.2. The van der Waals surface area contributed by atoms with Crippen LogP contribution in [0.1, 0.15) is 41.0 Å². The second-order valence-corrected chi connectivity index (χ2v) is 8.71. The van der Waals surface area contributed by atoms with Crippen molar-refractivity contribution < 1.29 is 22.9 Å². The quantitative estimate of drug-likeness (QED) is 0.320. The molecule has 1 aliphatic rings. The molecule has 1 aromatic carbocycles. The highest BCUT2D eigenvalue weighted by Crippen LogP contribution is 2.45. The van der Waals surface area contributed by atoms with E-state index in [0.717, 1.165) is 5.39 Å². The molecule has 2 heterocycles. The van der Waals surface area contributed by atoms with Gasteiger partial charge in [-0.3, -0.25) is 0 Å². The molecule has 0 N–H and O–H groups in total. The van der Waals surface area contributed by atoms with E-state index < -0.39 is 8.53 Å². The molecule has 1 unspecified atom stereocenters. The Kier molecular flexibility index (Phi) is 10.2. The molecule has 0 saturated carbocycles. The lowest BCUT2D eigenvalue weighted by Crippen LogP contribution is -2.33. The lowest BCUT2D eigenvalue weighted by molar-refractivity contribution is 0.172. The van der Waals surface area contributed by atoms with Gasteiger partial charge >= 0.3 is 5.63 Å². The lowest BCUT2D eigenvalue weighted by Gasteiger charge is -2.35. The largest absolute Gasteiger partial charge is 0.486 e. The zero-order valence-electron chi connectivity index (χ0n) is 18.8. The highest BCUT2D eigenvalue weighted by molar-refractivity contribution is 7.44. The van der Waals surface area contributed by atoms with Crippen molar-refractivity contribution in [3.63, 3.8) is 0 Å².